The molecule has 0 aliphatic carbocycles. The normalized spacial score (nSPS) is 28.0. The molecular formula is C33H33N3O8S. The largest absolute Gasteiger partial charge is 0.468 e. The van der Waals surface area contributed by atoms with Crippen molar-refractivity contribution >= 4 is 39.6 Å². The number of hydrogen-bond donors (Lipinski definition) is 1. The summed E-state index contributed by atoms with van der Waals surface area (Å²) in [7, 11) is -2.11. The van der Waals surface area contributed by atoms with Crippen LogP contribution in [0.2, 0.25) is 0 Å². The fraction of sp³-hybridized carbons (Fsp3) is 0.303. The zero-order valence-electron chi connectivity index (χ0n) is 24.9. The van der Waals surface area contributed by atoms with Gasteiger partial charge < -0.3 is 19.3 Å². The second-order valence-corrected chi connectivity index (χ2v) is 12.9. The molecule has 5 aliphatic rings. The van der Waals surface area contributed by atoms with E-state index in [-0.39, 0.29) is 17.9 Å². The van der Waals surface area contributed by atoms with Crippen LogP contribution in [-0.4, -0.2) is 74.4 Å². The highest BCUT2D eigenvalue weighted by molar-refractivity contribution is 7.89. The van der Waals surface area contributed by atoms with Crippen molar-refractivity contribution in [2.75, 3.05) is 20.8 Å². The number of para-hydroxylation sites is 1. The van der Waals surface area contributed by atoms with Crippen LogP contribution in [0.15, 0.2) is 94.8 Å². The molecule has 2 saturated heterocycles. The first-order valence-corrected chi connectivity index (χ1v) is 15.8. The van der Waals surface area contributed by atoms with Gasteiger partial charge in [-0.3, -0.25) is 14.6 Å². The number of ether oxygens (including phenoxy) is 3. The zero-order chi connectivity index (χ0) is 31.9. The molecular weight excluding hydrogens is 598 g/mol. The number of sulfonamides is 1. The van der Waals surface area contributed by atoms with Gasteiger partial charge in [0.2, 0.25) is 6.29 Å². The van der Waals surface area contributed by atoms with E-state index in [9.17, 15) is 18.0 Å². The fourth-order valence-corrected chi connectivity index (χ4v) is 8.51. The smallest absolute Gasteiger partial charge is 0.322 e. The van der Waals surface area contributed by atoms with Crippen LogP contribution in [0, 0.1) is 18.3 Å². The lowest BCUT2D eigenvalue weighted by Crippen LogP contribution is -2.64. The van der Waals surface area contributed by atoms with E-state index in [4.69, 9.17) is 19.3 Å². The minimum atomic E-state index is -4.35. The Morgan fingerprint density at radius 1 is 1.02 bits per heavy atom. The molecule has 8 rings (SSSR count). The molecule has 2 bridgehead atoms. The van der Waals surface area contributed by atoms with Gasteiger partial charge in [0, 0.05) is 12.7 Å². The molecule has 234 valence electrons. The molecule has 12 heteroatoms. The summed E-state index contributed by atoms with van der Waals surface area (Å²) in [5, 5.41) is 8.44. The molecule has 1 N–H and O–H groups in total. The van der Waals surface area contributed by atoms with Crippen molar-refractivity contribution in [2.45, 2.75) is 36.6 Å². The SMILES string of the molecule is CO.COC(=O)[C@@]12[C@H]3OC/C(c4ccccc4)=C\C[C@H](C(=O)O3)[C@@H]1N(S(=O)(=O)c1ccc(C)cc1)N1C=Nc3ccccc3[C@@H]12. The van der Waals surface area contributed by atoms with Crippen molar-refractivity contribution in [1.82, 2.24) is 9.42 Å². The van der Waals surface area contributed by atoms with Crippen molar-refractivity contribution in [1.29, 1.82) is 0 Å². The van der Waals surface area contributed by atoms with E-state index in [2.05, 4.69) is 4.99 Å². The van der Waals surface area contributed by atoms with Gasteiger partial charge in [0.15, 0.2) is 5.41 Å². The van der Waals surface area contributed by atoms with Crippen molar-refractivity contribution < 1.29 is 37.3 Å². The number of allylic oxidation sites excluding steroid dienone is 1. The number of aryl methyl sites for hydroxylation is 1. The van der Waals surface area contributed by atoms with Gasteiger partial charge in [-0.15, -0.1) is 4.41 Å². The first-order chi connectivity index (χ1) is 21.8. The number of carbonyl (C=O) groups is 2. The predicted molar refractivity (Wildman–Crippen MR) is 164 cm³/mol. The number of esters is 2. The fourth-order valence-electron chi connectivity index (χ4n) is 6.81. The van der Waals surface area contributed by atoms with Crippen LogP contribution in [-0.2, 0) is 33.8 Å². The number of methoxy groups -OCH3 is 1. The maximum absolute atomic E-state index is 14.6. The van der Waals surface area contributed by atoms with Crippen LogP contribution in [0.4, 0.5) is 5.69 Å². The summed E-state index contributed by atoms with van der Waals surface area (Å²) in [6.45, 7) is 1.88. The van der Waals surface area contributed by atoms with Gasteiger partial charge in [-0.25, -0.2) is 13.4 Å². The highest BCUT2D eigenvalue weighted by Crippen LogP contribution is 2.62. The van der Waals surface area contributed by atoms with Gasteiger partial charge in [-0.2, -0.15) is 0 Å². The lowest BCUT2D eigenvalue weighted by Gasteiger charge is -2.46. The van der Waals surface area contributed by atoms with E-state index in [0.717, 1.165) is 28.2 Å². The van der Waals surface area contributed by atoms with Crippen LogP contribution < -0.4 is 0 Å². The number of benzene rings is 3. The monoisotopic (exact) mass is 631 g/mol. The number of hydrogen-bond acceptors (Lipinski definition) is 10. The molecule has 5 heterocycles. The number of fused-ring (bicyclic) bond motifs is 7. The van der Waals surface area contributed by atoms with E-state index in [0.29, 0.717) is 11.3 Å². The molecule has 0 unspecified atom stereocenters. The maximum Gasteiger partial charge on any atom is 0.322 e. The molecule has 0 saturated carbocycles. The maximum atomic E-state index is 14.6. The second-order valence-electron chi connectivity index (χ2n) is 11.1. The predicted octanol–water partition coefficient (Wildman–Crippen LogP) is 3.77. The van der Waals surface area contributed by atoms with Crippen molar-refractivity contribution in [3.8, 4) is 0 Å². The summed E-state index contributed by atoms with van der Waals surface area (Å²) in [6, 6.07) is 21.0. The molecule has 0 aromatic heterocycles. The Morgan fingerprint density at radius 3 is 2.42 bits per heavy atom. The third kappa shape index (κ3) is 4.67. The number of rotatable bonds is 4. The van der Waals surface area contributed by atoms with E-state index in [1.165, 1.54) is 30.6 Å². The Labute approximate surface area is 261 Å². The Morgan fingerprint density at radius 2 is 1.71 bits per heavy atom. The summed E-state index contributed by atoms with van der Waals surface area (Å²) in [5.74, 6) is -2.47. The van der Waals surface area contributed by atoms with Crippen LogP contribution in [0.25, 0.3) is 5.57 Å². The molecule has 0 radical (unpaired) electrons. The summed E-state index contributed by atoms with van der Waals surface area (Å²) in [5.41, 5.74) is 1.91. The topological polar surface area (TPSA) is 135 Å². The number of aliphatic hydroxyl groups is 1. The number of aliphatic imine (C=N–C) groups is 1. The quantitative estimate of drug-likeness (QED) is 0.427. The Bertz CT molecular complexity index is 1780. The molecule has 3 aromatic rings. The summed E-state index contributed by atoms with van der Waals surface area (Å²) in [4.78, 5) is 32.6. The molecule has 11 nitrogen and oxygen atoms in total. The molecule has 5 aliphatic heterocycles. The zero-order valence-corrected chi connectivity index (χ0v) is 25.8. The average molecular weight is 632 g/mol. The number of carbonyl (C=O) groups excluding carboxylic acids is 2. The van der Waals surface area contributed by atoms with E-state index in [1.807, 2.05) is 49.4 Å². The molecule has 0 amide bonds. The first-order valence-electron chi connectivity index (χ1n) is 14.4. The number of nitrogens with zero attached hydrogens (tertiary/aromatic N) is 3. The number of hydrazine groups is 1. The third-order valence-electron chi connectivity index (χ3n) is 8.77. The van der Waals surface area contributed by atoms with E-state index >= 15 is 0 Å². The Kier molecular flexibility index (Phi) is 8.08. The minimum absolute atomic E-state index is 0.00956. The van der Waals surface area contributed by atoms with Crippen molar-refractivity contribution in [3.05, 3.63) is 102 Å². The Hall–Kier alpha value is -4.36. The molecule has 5 atom stereocenters. The Balaban J connectivity index is 0.00000175. The van der Waals surface area contributed by atoms with Gasteiger partial charge in [0.05, 0.1) is 42.3 Å². The van der Waals surface area contributed by atoms with Gasteiger partial charge in [-0.05, 0) is 42.7 Å². The van der Waals surface area contributed by atoms with E-state index < -0.39 is 51.7 Å². The lowest BCUT2D eigenvalue weighted by atomic mass is 9.65. The van der Waals surface area contributed by atoms with Crippen LogP contribution >= 0.6 is 0 Å². The summed E-state index contributed by atoms with van der Waals surface area (Å²) in [6.07, 6.45) is 1.90. The highest BCUT2D eigenvalue weighted by Gasteiger charge is 2.77. The van der Waals surface area contributed by atoms with Crippen LogP contribution in [0.3, 0.4) is 0 Å². The van der Waals surface area contributed by atoms with Crippen molar-refractivity contribution in [3.63, 3.8) is 0 Å². The second kappa shape index (κ2) is 11.9. The molecule has 0 spiro atoms. The lowest BCUT2D eigenvalue weighted by molar-refractivity contribution is -0.243. The number of aliphatic hydroxyl groups excluding tert-OH is 1. The standard InChI is InChI=1S/C32H29N3O7S.CH4O/c1-20-12-15-23(16-13-20)43(38,39)35-28-25-17-14-22(21-8-4-3-5-9-21)18-41-31(42-29(25)36)32(28,30(37)40-2)27-24-10-6-7-11-26(24)33-19-34(27)35;1-2/h3-16,19,25,27-28,31H,17-18H2,1-2H3;2H,1H3/b22-14+;/t25-,27+,28-,31-,32-;/m0./s1. The minimum Gasteiger partial charge on any atom is -0.468 e. The highest BCUT2D eigenvalue weighted by atomic mass is 32.2. The van der Waals surface area contributed by atoms with E-state index in [1.54, 1.807) is 30.3 Å². The van der Waals surface area contributed by atoms with Gasteiger partial charge in [0.25, 0.3) is 10.0 Å². The average Bonchev–Trinajstić information content (AvgIpc) is 3.45. The van der Waals surface area contributed by atoms with Gasteiger partial charge >= 0.3 is 11.9 Å². The van der Waals surface area contributed by atoms with Gasteiger partial charge in [0.1, 0.15) is 6.34 Å². The summed E-state index contributed by atoms with van der Waals surface area (Å²) >= 11 is 0. The molecule has 45 heavy (non-hydrogen) atoms. The summed E-state index contributed by atoms with van der Waals surface area (Å²) < 4.78 is 48.2. The molecule has 2 fully saturated rings. The van der Waals surface area contributed by atoms with Crippen LogP contribution in [0.5, 0.6) is 0 Å². The third-order valence-corrected chi connectivity index (χ3v) is 10.5. The van der Waals surface area contributed by atoms with Gasteiger partial charge in [-0.1, -0.05) is 72.3 Å². The van der Waals surface area contributed by atoms with Crippen LogP contribution in [0.1, 0.15) is 29.2 Å². The van der Waals surface area contributed by atoms with Crippen molar-refractivity contribution in [2.24, 2.45) is 16.3 Å². The molecule has 3 aromatic carbocycles. The first kappa shape index (κ1) is 30.7.